The van der Waals surface area contributed by atoms with Crippen molar-refractivity contribution < 1.29 is 9.53 Å². The predicted molar refractivity (Wildman–Crippen MR) is 84.8 cm³/mol. The number of rotatable bonds is 6. The predicted octanol–water partition coefficient (Wildman–Crippen LogP) is 2.60. The summed E-state index contributed by atoms with van der Waals surface area (Å²) < 4.78 is 4.96. The van der Waals surface area contributed by atoms with Crippen molar-refractivity contribution in [3.8, 4) is 0 Å². The van der Waals surface area contributed by atoms with Gasteiger partial charge in [0.15, 0.2) is 10.3 Å². The molecule has 0 atom stereocenters. The second-order valence-corrected chi connectivity index (χ2v) is 6.77. The van der Waals surface area contributed by atoms with E-state index in [1.165, 1.54) is 18.9 Å². The van der Waals surface area contributed by atoms with Gasteiger partial charge in [-0.05, 0) is 24.9 Å². The summed E-state index contributed by atoms with van der Waals surface area (Å²) in [7, 11) is 1.42. The van der Waals surface area contributed by atoms with Crippen LogP contribution in [0.15, 0.2) is 10.3 Å². The number of ether oxygens (including phenoxy) is 1. The van der Waals surface area contributed by atoms with Crippen LogP contribution in [0.1, 0.15) is 32.6 Å². The molecule has 0 spiro atoms. The topological polar surface area (TPSA) is 77.0 Å². The number of nitrogens with one attached hydrogen (secondary N) is 1. The maximum absolute atomic E-state index is 12.1. The molecule has 116 valence electrons. The van der Waals surface area contributed by atoms with E-state index in [0.29, 0.717) is 16.3 Å². The van der Waals surface area contributed by atoms with Crippen LogP contribution in [-0.2, 0) is 9.53 Å². The highest BCUT2D eigenvalue weighted by Crippen LogP contribution is 2.34. The number of methoxy groups -OCH3 is 1. The number of aromatic nitrogens is 3. The number of anilines is 1. The Kier molecular flexibility index (Phi) is 5.69. The molecule has 0 bridgehead atoms. The second kappa shape index (κ2) is 7.31. The minimum atomic E-state index is -0.695. The zero-order chi connectivity index (χ0) is 15.3. The molecule has 21 heavy (non-hydrogen) atoms. The minimum absolute atomic E-state index is 0.240. The molecule has 1 aliphatic rings. The summed E-state index contributed by atoms with van der Waals surface area (Å²) in [6.07, 6.45) is 5.41. The van der Waals surface area contributed by atoms with Crippen LogP contribution >= 0.6 is 23.5 Å². The zero-order valence-electron chi connectivity index (χ0n) is 12.5. The molecule has 1 heterocycles. The summed E-state index contributed by atoms with van der Waals surface area (Å²) >= 11 is 3.02. The molecule has 2 rings (SSSR count). The molecular weight excluding hydrogens is 308 g/mol. The largest absolute Gasteiger partial charge is 0.467 e. The normalized spacial score (nSPS) is 16.7. The number of hydrogen-bond acceptors (Lipinski definition) is 8. The molecule has 1 fully saturated rings. The maximum Gasteiger partial charge on any atom is 0.331 e. The number of carbonyl (C=O) groups excluding carboxylic acids is 1. The van der Waals surface area contributed by atoms with Crippen molar-refractivity contribution in [3.05, 3.63) is 0 Å². The molecule has 1 saturated carbocycles. The standard InChI is InChI=1S/C13H20N4O2S2/c1-4-21-12-15-10(14-11(16-12)20-3)17-13(9(18)19-2)7-5-6-8-13/h4-8H2,1-3H3,(H,14,15,16,17). The molecule has 0 aromatic carbocycles. The Labute approximate surface area is 133 Å². The first kappa shape index (κ1) is 16.4. The van der Waals surface area contributed by atoms with Crippen molar-refractivity contribution in [2.45, 2.75) is 48.5 Å². The zero-order valence-corrected chi connectivity index (χ0v) is 14.1. The van der Waals surface area contributed by atoms with Gasteiger partial charge in [-0.25, -0.2) is 4.79 Å². The van der Waals surface area contributed by atoms with Crippen LogP contribution in [0.3, 0.4) is 0 Å². The van der Waals surface area contributed by atoms with Crippen molar-refractivity contribution >= 4 is 35.4 Å². The van der Waals surface area contributed by atoms with E-state index in [9.17, 15) is 4.79 Å². The molecule has 6 nitrogen and oxygen atoms in total. The fourth-order valence-corrected chi connectivity index (χ4v) is 3.42. The van der Waals surface area contributed by atoms with E-state index in [1.54, 1.807) is 11.8 Å². The molecule has 1 aromatic rings. The van der Waals surface area contributed by atoms with Gasteiger partial charge >= 0.3 is 5.97 Å². The molecule has 8 heteroatoms. The van der Waals surface area contributed by atoms with Gasteiger partial charge in [0.25, 0.3) is 0 Å². The van der Waals surface area contributed by atoms with Gasteiger partial charge in [-0.1, -0.05) is 43.3 Å². The SMILES string of the molecule is CCSc1nc(NC2(C(=O)OC)CCCC2)nc(SC)n1. The third-order valence-electron chi connectivity index (χ3n) is 3.43. The van der Waals surface area contributed by atoms with Gasteiger partial charge < -0.3 is 10.1 Å². The monoisotopic (exact) mass is 328 g/mol. The summed E-state index contributed by atoms with van der Waals surface area (Å²) in [6.45, 7) is 2.05. The van der Waals surface area contributed by atoms with Crippen molar-refractivity contribution in [1.82, 2.24) is 15.0 Å². The second-order valence-electron chi connectivity index (χ2n) is 4.77. The quantitative estimate of drug-likeness (QED) is 0.631. The number of esters is 1. The lowest BCUT2D eigenvalue weighted by Gasteiger charge is -2.27. The van der Waals surface area contributed by atoms with E-state index in [2.05, 4.69) is 20.3 Å². The molecule has 0 radical (unpaired) electrons. The van der Waals surface area contributed by atoms with Crippen LogP contribution < -0.4 is 5.32 Å². The Morgan fingerprint density at radius 2 is 1.95 bits per heavy atom. The van der Waals surface area contributed by atoms with Crippen molar-refractivity contribution in [3.63, 3.8) is 0 Å². The van der Waals surface area contributed by atoms with Gasteiger partial charge in [0.1, 0.15) is 5.54 Å². The lowest BCUT2D eigenvalue weighted by atomic mass is 9.98. The average Bonchev–Trinajstić information content (AvgIpc) is 2.96. The third-order valence-corrected chi connectivity index (χ3v) is 4.71. The average molecular weight is 328 g/mol. The van der Waals surface area contributed by atoms with Crippen LogP contribution in [0.5, 0.6) is 0 Å². The highest BCUT2D eigenvalue weighted by atomic mass is 32.2. The third kappa shape index (κ3) is 3.79. The Hall–Kier alpha value is -1.02. The minimum Gasteiger partial charge on any atom is -0.467 e. The molecular formula is C13H20N4O2S2. The van der Waals surface area contributed by atoms with Gasteiger partial charge in [0.05, 0.1) is 7.11 Å². The Morgan fingerprint density at radius 1 is 1.29 bits per heavy atom. The fraction of sp³-hybridized carbons (Fsp3) is 0.692. The number of nitrogens with zero attached hydrogens (tertiary/aromatic N) is 3. The van der Waals surface area contributed by atoms with Gasteiger partial charge in [0.2, 0.25) is 5.95 Å². The summed E-state index contributed by atoms with van der Waals surface area (Å²) in [5, 5.41) is 4.55. The summed E-state index contributed by atoms with van der Waals surface area (Å²) in [6, 6.07) is 0. The summed E-state index contributed by atoms with van der Waals surface area (Å²) in [4.78, 5) is 25.3. The van der Waals surface area contributed by atoms with Crippen molar-refractivity contribution in [1.29, 1.82) is 0 Å². The van der Waals surface area contributed by atoms with E-state index in [1.807, 2.05) is 13.2 Å². The molecule has 1 aliphatic carbocycles. The maximum atomic E-state index is 12.1. The Morgan fingerprint density at radius 3 is 2.52 bits per heavy atom. The van der Waals surface area contributed by atoms with E-state index in [0.717, 1.165) is 31.4 Å². The van der Waals surface area contributed by atoms with Crippen LogP contribution in [0.4, 0.5) is 5.95 Å². The molecule has 0 unspecified atom stereocenters. The lowest BCUT2D eigenvalue weighted by molar-refractivity contribution is -0.145. The first-order valence-corrected chi connectivity index (χ1v) is 9.14. The smallest absolute Gasteiger partial charge is 0.331 e. The molecule has 0 saturated heterocycles. The van der Waals surface area contributed by atoms with E-state index < -0.39 is 5.54 Å². The van der Waals surface area contributed by atoms with Crippen LogP contribution in [0.25, 0.3) is 0 Å². The van der Waals surface area contributed by atoms with E-state index >= 15 is 0 Å². The van der Waals surface area contributed by atoms with E-state index in [4.69, 9.17) is 4.74 Å². The fourth-order valence-electron chi connectivity index (χ4n) is 2.45. The van der Waals surface area contributed by atoms with Crippen LogP contribution in [0, 0.1) is 0 Å². The molecule has 1 aromatic heterocycles. The highest BCUT2D eigenvalue weighted by molar-refractivity contribution is 7.99. The van der Waals surface area contributed by atoms with E-state index in [-0.39, 0.29) is 5.97 Å². The Balaban J connectivity index is 2.27. The highest BCUT2D eigenvalue weighted by Gasteiger charge is 2.43. The number of hydrogen-bond donors (Lipinski definition) is 1. The first-order chi connectivity index (χ1) is 10.1. The van der Waals surface area contributed by atoms with Gasteiger partial charge in [-0.2, -0.15) is 15.0 Å². The lowest BCUT2D eigenvalue weighted by Crippen LogP contribution is -2.45. The van der Waals surface area contributed by atoms with Gasteiger partial charge in [-0.15, -0.1) is 0 Å². The summed E-state index contributed by atoms with van der Waals surface area (Å²) in [5.41, 5.74) is -0.695. The summed E-state index contributed by atoms with van der Waals surface area (Å²) in [5.74, 6) is 1.10. The van der Waals surface area contributed by atoms with Crippen molar-refractivity contribution in [2.24, 2.45) is 0 Å². The molecule has 0 amide bonds. The van der Waals surface area contributed by atoms with Gasteiger partial charge in [-0.3, -0.25) is 0 Å². The van der Waals surface area contributed by atoms with Crippen LogP contribution in [0.2, 0.25) is 0 Å². The Bertz CT molecular complexity index is 507. The number of carbonyl (C=O) groups is 1. The van der Waals surface area contributed by atoms with Gasteiger partial charge in [0, 0.05) is 0 Å². The molecule has 1 N–H and O–H groups in total. The first-order valence-electron chi connectivity index (χ1n) is 6.93. The van der Waals surface area contributed by atoms with Crippen LogP contribution in [-0.4, -0.2) is 45.6 Å². The number of thioether (sulfide) groups is 2. The van der Waals surface area contributed by atoms with Crippen molar-refractivity contribution in [2.75, 3.05) is 24.4 Å². The molecule has 0 aliphatic heterocycles.